The van der Waals surface area contributed by atoms with Gasteiger partial charge in [0, 0.05) is 20.0 Å². The Bertz CT molecular complexity index is 445. The van der Waals surface area contributed by atoms with Crippen LogP contribution in [0.15, 0.2) is 30.3 Å². The zero-order valence-corrected chi connectivity index (χ0v) is 11.3. The van der Waals surface area contributed by atoms with Crippen molar-refractivity contribution >= 4 is 11.8 Å². The van der Waals surface area contributed by atoms with E-state index in [0.29, 0.717) is 19.4 Å². The number of nitrogens with zero attached hydrogens (tertiary/aromatic N) is 1. The minimum Gasteiger partial charge on any atom is -0.354 e. The molecule has 0 aromatic heterocycles. The first kappa shape index (κ1) is 13.6. The Balaban J connectivity index is 1.69. The lowest BCUT2D eigenvalue weighted by Gasteiger charge is -2.19. The first-order valence-corrected chi connectivity index (χ1v) is 6.76. The van der Waals surface area contributed by atoms with Crippen LogP contribution in [0.3, 0.4) is 0 Å². The number of amides is 2. The largest absolute Gasteiger partial charge is 0.354 e. The second kappa shape index (κ2) is 6.36. The predicted molar refractivity (Wildman–Crippen MR) is 73.6 cm³/mol. The molecular weight excluding hydrogens is 240 g/mol. The lowest BCUT2D eigenvalue weighted by atomic mass is 10.1. The molecule has 0 radical (unpaired) electrons. The highest BCUT2D eigenvalue weighted by molar-refractivity contribution is 5.90. The Morgan fingerprint density at radius 1 is 1.37 bits per heavy atom. The van der Waals surface area contributed by atoms with Gasteiger partial charge in [-0.05, 0) is 24.8 Å². The molecule has 19 heavy (non-hydrogen) atoms. The van der Waals surface area contributed by atoms with E-state index in [0.717, 1.165) is 12.8 Å². The van der Waals surface area contributed by atoms with Crippen LogP contribution in [-0.2, 0) is 16.0 Å². The van der Waals surface area contributed by atoms with Crippen LogP contribution in [0.1, 0.15) is 24.8 Å². The van der Waals surface area contributed by atoms with Crippen LogP contribution >= 0.6 is 0 Å². The van der Waals surface area contributed by atoms with Crippen molar-refractivity contribution in [1.82, 2.24) is 10.2 Å². The summed E-state index contributed by atoms with van der Waals surface area (Å²) in [7, 11) is 1.70. The maximum absolute atomic E-state index is 11.9. The molecule has 1 aromatic carbocycles. The van der Waals surface area contributed by atoms with E-state index in [1.54, 1.807) is 11.9 Å². The number of benzene rings is 1. The lowest BCUT2D eigenvalue weighted by Crippen LogP contribution is -2.43. The van der Waals surface area contributed by atoms with Gasteiger partial charge < -0.3 is 10.2 Å². The van der Waals surface area contributed by atoms with E-state index < -0.39 is 0 Å². The van der Waals surface area contributed by atoms with Gasteiger partial charge in [-0.3, -0.25) is 9.59 Å². The summed E-state index contributed by atoms with van der Waals surface area (Å²) in [5.74, 6) is 0.0332. The fourth-order valence-electron chi connectivity index (χ4n) is 2.38. The summed E-state index contributed by atoms with van der Waals surface area (Å²) < 4.78 is 0. The number of hydrogen-bond donors (Lipinski definition) is 1. The van der Waals surface area contributed by atoms with Crippen LogP contribution in [0, 0.1) is 0 Å². The number of nitrogens with one attached hydrogen (secondary N) is 1. The van der Waals surface area contributed by atoms with Crippen molar-refractivity contribution in [3.05, 3.63) is 35.9 Å². The molecule has 2 rings (SSSR count). The minimum atomic E-state index is -0.274. The van der Waals surface area contributed by atoms with Gasteiger partial charge in [0.25, 0.3) is 0 Å². The highest BCUT2D eigenvalue weighted by atomic mass is 16.2. The summed E-state index contributed by atoms with van der Waals surface area (Å²) in [6, 6.07) is 9.94. The number of likely N-dealkylation sites (N-methyl/N-ethyl adjacent to an activating group) is 1. The molecule has 1 N–H and O–H groups in total. The van der Waals surface area contributed by atoms with Crippen LogP contribution in [0.25, 0.3) is 0 Å². The molecule has 1 fully saturated rings. The van der Waals surface area contributed by atoms with E-state index in [4.69, 9.17) is 0 Å². The number of likely N-dealkylation sites (tertiary alicyclic amines) is 1. The second-order valence-corrected chi connectivity index (χ2v) is 4.94. The Morgan fingerprint density at radius 2 is 2.11 bits per heavy atom. The molecule has 1 aliphatic heterocycles. The molecule has 1 unspecified atom stereocenters. The van der Waals surface area contributed by atoms with E-state index in [-0.39, 0.29) is 17.9 Å². The average Bonchev–Trinajstić information content (AvgIpc) is 2.76. The van der Waals surface area contributed by atoms with Gasteiger partial charge in [-0.1, -0.05) is 30.3 Å². The summed E-state index contributed by atoms with van der Waals surface area (Å²) in [5, 5.41) is 2.91. The maximum Gasteiger partial charge on any atom is 0.242 e. The van der Waals surface area contributed by atoms with Crippen LogP contribution in [-0.4, -0.2) is 36.3 Å². The van der Waals surface area contributed by atoms with Crippen LogP contribution in [0.2, 0.25) is 0 Å². The number of rotatable bonds is 5. The summed E-state index contributed by atoms with van der Waals surface area (Å²) in [4.78, 5) is 24.8. The molecule has 0 bridgehead atoms. The number of carbonyl (C=O) groups is 2. The lowest BCUT2D eigenvalue weighted by molar-refractivity contribution is -0.133. The molecule has 0 aliphatic carbocycles. The molecule has 1 aromatic rings. The molecule has 1 aliphatic rings. The third kappa shape index (κ3) is 3.56. The topological polar surface area (TPSA) is 49.4 Å². The molecule has 2 amide bonds. The SMILES string of the molecule is CN1C(=O)CCC1C(=O)NCCCc1ccccc1. The highest BCUT2D eigenvalue weighted by Gasteiger charge is 2.32. The van der Waals surface area contributed by atoms with Crippen LogP contribution in [0.5, 0.6) is 0 Å². The molecule has 0 saturated carbocycles. The molecule has 4 heteroatoms. The first-order valence-electron chi connectivity index (χ1n) is 6.76. The maximum atomic E-state index is 11.9. The van der Waals surface area contributed by atoms with Gasteiger partial charge in [-0.2, -0.15) is 0 Å². The van der Waals surface area contributed by atoms with E-state index in [1.807, 2.05) is 18.2 Å². The molecule has 1 atom stereocenters. The molecule has 4 nitrogen and oxygen atoms in total. The van der Waals surface area contributed by atoms with Gasteiger partial charge in [0.2, 0.25) is 11.8 Å². The predicted octanol–water partition coefficient (Wildman–Crippen LogP) is 1.36. The van der Waals surface area contributed by atoms with E-state index >= 15 is 0 Å². The third-order valence-electron chi connectivity index (χ3n) is 3.58. The molecule has 102 valence electrons. The van der Waals surface area contributed by atoms with E-state index in [2.05, 4.69) is 17.4 Å². The fourth-order valence-corrected chi connectivity index (χ4v) is 2.38. The Kier molecular flexibility index (Phi) is 4.55. The van der Waals surface area contributed by atoms with Crippen molar-refractivity contribution < 1.29 is 9.59 Å². The summed E-state index contributed by atoms with van der Waals surface area (Å²) >= 11 is 0. The van der Waals surface area contributed by atoms with Crippen molar-refractivity contribution in [3.8, 4) is 0 Å². The van der Waals surface area contributed by atoms with E-state index in [9.17, 15) is 9.59 Å². The van der Waals surface area contributed by atoms with Gasteiger partial charge in [-0.25, -0.2) is 0 Å². The van der Waals surface area contributed by atoms with Gasteiger partial charge in [0.15, 0.2) is 0 Å². The van der Waals surface area contributed by atoms with Crippen molar-refractivity contribution in [1.29, 1.82) is 0 Å². The van der Waals surface area contributed by atoms with Gasteiger partial charge >= 0.3 is 0 Å². The molecule has 0 spiro atoms. The van der Waals surface area contributed by atoms with Gasteiger partial charge in [0.05, 0.1) is 0 Å². The van der Waals surface area contributed by atoms with Crippen molar-refractivity contribution in [3.63, 3.8) is 0 Å². The van der Waals surface area contributed by atoms with Crippen molar-refractivity contribution in [2.24, 2.45) is 0 Å². The third-order valence-corrected chi connectivity index (χ3v) is 3.58. The first-order chi connectivity index (χ1) is 9.18. The summed E-state index contributed by atoms with van der Waals surface area (Å²) in [5.41, 5.74) is 1.28. The minimum absolute atomic E-state index is 0.0265. The zero-order chi connectivity index (χ0) is 13.7. The van der Waals surface area contributed by atoms with Gasteiger partial charge in [-0.15, -0.1) is 0 Å². The number of aryl methyl sites for hydroxylation is 1. The molecule has 1 heterocycles. The normalized spacial score (nSPS) is 18.7. The average molecular weight is 260 g/mol. The van der Waals surface area contributed by atoms with Crippen molar-refractivity contribution in [2.75, 3.05) is 13.6 Å². The van der Waals surface area contributed by atoms with Crippen LogP contribution < -0.4 is 5.32 Å². The molecular formula is C15H20N2O2. The fraction of sp³-hybridized carbons (Fsp3) is 0.467. The smallest absolute Gasteiger partial charge is 0.242 e. The van der Waals surface area contributed by atoms with E-state index in [1.165, 1.54) is 5.56 Å². The number of carbonyl (C=O) groups excluding carboxylic acids is 2. The Hall–Kier alpha value is -1.84. The summed E-state index contributed by atoms with van der Waals surface area (Å²) in [6.45, 7) is 0.659. The Morgan fingerprint density at radius 3 is 2.74 bits per heavy atom. The zero-order valence-electron chi connectivity index (χ0n) is 11.3. The quantitative estimate of drug-likeness (QED) is 0.813. The Labute approximate surface area is 113 Å². The highest BCUT2D eigenvalue weighted by Crippen LogP contribution is 2.16. The summed E-state index contributed by atoms with van der Waals surface area (Å²) in [6.07, 6.45) is 3.00. The standard InChI is InChI=1S/C15H20N2O2/c1-17-13(9-10-14(17)18)15(19)16-11-5-8-12-6-3-2-4-7-12/h2-4,6-7,13H,5,8-11H2,1H3,(H,16,19). The van der Waals surface area contributed by atoms with Crippen LogP contribution in [0.4, 0.5) is 0 Å². The number of hydrogen-bond acceptors (Lipinski definition) is 2. The second-order valence-electron chi connectivity index (χ2n) is 4.94. The van der Waals surface area contributed by atoms with Gasteiger partial charge in [0.1, 0.15) is 6.04 Å². The molecule has 1 saturated heterocycles. The van der Waals surface area contributed by atoms with Crippen molar-refractivity contribution in [2.45, 2.75) is 31.7 Å². The monoisotopic (exact) mass is 260 g/mol.